The zero-order valence-electron chi connectivity index (χ0n) is 20.5. The molecule has 3 aromatic rings. The van der Waals surface area contributed by atoms with E-state index in [9.17, 15) is 9.59 Å². The highest BCUT2D eigenvalue weighted by molar-refractivity contribution is 7.15. The summed E-state index contributed by atoms with van der Waals surface area (Å²) in [5, 5.41) is 5.87. The fourth-order valence-corrected chi connectivity index (χ4v) is 5.10. The summed E-state index contributed by atoms with van der Waals surface area (Å²) < 4.78 is 13.4. The molecular formula is C26H29N5O4S. The van der Waals surface area contributed by atoms with Crippen LogP contribution in [0, 0.1) is 0 Å². The largest absolute Gasteiger partial charge is 0.476 e. The van der Waals surface area contributed by atoms with Gasteiger partial charge in [0.2, 0.25) is 5.95 Å². The minimum Gasteiger partial charge on any atom is -0.476 e. The highest BCUT2D eigenvalue weighted by atomic mass is 32.1. The van der Waals surface area contributed by atoms with Crippen molar-refractivity contribution < 1.29 is 19.1 Å². The highest BCUT2D eigenvalue weighted by Crippen LogP contribution is 2.38. The molecule has 0 bridgehead atoms. The minimum absolute atomic E-state index is 0.0962. The van der Waals surface area contributed by atoms with E-state index in [-0.39, 0.29) is 17.9 Å². The molecule has 2 aromatic heterocycles. The number of carbonyl (C=O) groups excluding carboxylic acids is 2. The molecule has 1 unspecified atom stereocenters. The number of nitrogens with two attached hydrogens (primary N) is 1. The second-order valence-electron chi connectivity index (χ2n) is 9.22. The van der Waals surface area contributed by atoms with Gasteiger partial charge in [-0.25, -0.2) is 4.98 Å². The minimum atomic E-state index is -0.984. The predicted molar refractivity (Wildman–Crippen MR) is 142 cm³/mol. The Labute approximate surface area is 213 Å². The third-order valence-corrected chi connectivity index (χ3v) is 7.23. The van der Waals surface area contributed by atoms with Crippen LogP contribution in [0.25, 0.3) is 16.6 Å². The number of aromatic nitrogens is 2. The first-order valence-corrected chi connectivity index (χ1v) is 12.8. The molecule has 10 heteroatoms. The predicted octanol–water partition coefficient (Wildman–Crippen LogP) is 4.17. The first-order valence-electron chi connectivity index (χ1n) is 11.9. The summed E-state index contributed by atoms with van der Waals surface area (Å²) in [5.41, 5.74) is 7.96. The third kappa shape index (κ3) is 4.67. The Kier molecular flexibility index (Phi) is 6.42. The first-order chi connectivity index (χ1) is 17.2. The van der Waals surface area contributed by atoms with Crippen molar-refractivity contribution in [1.82, 2.24) is 9.55 Å². The maximum Gasteiger partial charge on any atom is 0.268 e. The Balaban J connectivity index is 1.45. The SMILES string of the molecule is CCOCCCn1c(NC(=O)c2ccc(C3=CC(N)C=C3)s2)nc2cc3c(cc21)OC(C)(C)C(=O)N3. The van der Waals surface area contributed by atoms with E-state index in [1.807, 2.05) is 41.9 Å². The molecule has 9 nitrogen and oxygen atoms in total. The second kappa shape index (κ2) is 9.53. The molecule has 36 heavy (non-hydrogen) atoms. The van der Waals surface area contributed by atoms with Crippen LogP contribution >= 0.6 is 11.3 Å². The summed E-state index contributed by atoms with van der Waals surface area (Å²) in [5.74, 6) is 0.530. The molecule has 2 amide bonds. The van der Waals surface area contributed by atoms with Crippen molar-refractivity contribution in [2.24, 2.45) is 5.73 Å². The Hall–Kier alpha value is -3.47. The number of amides is 2. The van der Waals surface area contributed by atoms with Crippen molar-refractivity contribution in [3.63, 3.8) is 0 Å². The lowest BCUT2D eigenvalue weighted by Gasteiger charge is -2.31. The van der Waals surface area contributed by atoms with E-state index in [1.165, 1.54) is 11.3 Å². The van der Waals surface area contributed by atoms with Gasteiger partial charge < -0.3 is 25.1 Å². The second-order valence-corrected chi connectivity index (χ2v) is 10.3. The van der Waals surface area contributed by atoms with Gasteiger partial charge in [0.05, 0.1) is 21.6 Å². The molecule has 0 spiro atoms. The van der Waals surface area contributed by atoms with Crippen molar-refractivity contribution >= 4 is 51.4 Å². The van der Waals surface area contributed by atoms with Gasteiger partial charge in [-0.05, 0) is 51.0 Å². The van der Waals surface area contributed by atoms with E-state index in [2.05, 4.69) is 15.6 Å². The van der Waals surface area contributed by atoms with Gasteiger partial charge in [0, 0.05) is 36.7 Å². The molecule has 0 saturated heterocycles. The lowest BCUT2D eigenvalue weighted by atomic mass is 10.1. The van der Waals surface area contributed by atoms with E-state index in [0.29, 0.717) is 47.5 Å². The topological polar surface area (TPSA) is 120 Å². The van der Waals surface area contributed by atoms with Crippen molar-refractivity contribution in [3.8, 4) is 5.75 Å². The summed E-state index contributed by atoms with van der Waals surface area (Å²) in [6.45, 7) is 7.22. The fourth-order valence-electron chi connectivity index (χ4n) is 4.19. The van der Waals surface area contributed by atoms with Crippen molar-refractivity contribution in [2.75, 3.05) is 23.8 Å². The Morgan fingerprint density at radius 1 is 1.36 bits per heavy atom. The van der Waals surface area contributed by atoms with Crippen molar-refractivity contribution in [1.29, 1.82) is 0 Å². The zero-order chi connectivity index (χ0) is 25.4. The number of rotatable bonds is 8. The van der Waals surface area contributed by atoms with E-state index in [4.69, 9.17) is 15.2 Å². The summed E-state index contributed by atoms with van der Waals surface area (Å²) in [4.78, 5) is 31.8. The monoisotopic (exact) mass is 507 g/mol. The van der Waals surface area contributed by atoms with Gasteiger partial charge in [-0.2, -0.15) is 0 Å². The summed E-state index contributed by atoms with van der Waals surface area (Å²) in [6, 6.07) is 7.27. The summed E-state index contributed by atoms with van der Waals surface area (Å²) in [6.07, 6.45) is 6.60. The Morgan fingerprint density at radius 2 is 2.19 bits per heavy atom. The number of ether oxygens (including phenoxy) is 2. The molecule has 0 fully saturated rings. The molecule has 5 rings (SSSR count). The lowest BCUT2D eigenvalue weighted by molar-refractivity contribution is -0.129. The van der Waals surface area contributed by atoms with Crippen LogP contribution in [-0.4, -0.2) is 46.2 Å². The molecule has 1 atom stereocenters. The van der Waals surface area contributed by atoms with Crippen LogP contribution in [0.3, 0.4) is 0 Å². The van der Waals surface area contributed by atoms with Gasteiger partial charge in [-0.3, -0.25) is 14.9 Å². The van der Waals surface area contributed by atoms with E-state index in [1.54, 1.807) is 26.0 Å². The number of anilines is 2. The number of thiophene rings is 1. The van der Waals surface area contributed by atoms with Gasteiger partial charge in [-0.1, -0.05) is 18.2 Å². The average Bonchev–Trinajstić information content (AvgIpc) is 3.55. The van der Waals surface area contributed by atoms with Gasteiger partial charge in [-0.15, -0.1) is 11.3 Å². The van der Waals surface area contributed by atoms with Crippen molar-refractivity contribution in [3.05, 3.63) is 52.2 Å². The molecule has 1 aromatic carbocycles. The molecule has 4 N–H and O–H groups in total. The van der Waals surface area contributed by atoms with Gasteiger partial charge in [0.1, 0.15) is 5.75 Å². The van der Waals surface area contributed by atoms with Gasteiger partial charge >= 0.3 is 0 Å². The number of hydrogen-bond acceptors (Lipinski definition) is 7. The number of aryl methyl sites for hydroxylation is 1. The normalized spacial score (nSPS) is 18.1. The van der Waals surface area contributed by atoms with E-state index in [0.717, 1.165) is 22.4 Å². The highest BCUT2D eigenvalue weighted by Gasteiger charge is 2.36. The molecule has 0 radical (unpaired) electrons. The molecule has 0 saturated carbocycles. The van der Waals surface area contributed by atoms with E-state index < -0.39 is 5.60 Å². The number of nitrogens with zero attached hydrogens (tertiary/aromatic N) is 2. The number of benzene rings is 1. The Morgan fingerprint density at radius 3 is 2.94 bits per heavy atom. The smallest absolute Gasteiger partial charge is 0.268 e. The van der Waals surface area contributed by atoms with Gasteiger partial charge in [0.15, 0.2) is 5.60 Å². The number of carbonyl (C=O) groups is 2. The molecule has 3 heterocycles. The molecule has 1 aliphatic carbocycles. The maximum absolute atomic E-state index is 13.2. The van der Waals surface area contributed by atoms with E-state index >= 15 is 0 Å². The molecule has 1 aliphatic heterocycles. The quantitative estimate of drug-likeness (QED) is 0.394. The van der Waals surface area contributed by atoms with Crippen molar-refractivity contribution in [2.45, 2.75) is 45.4 Å². The number of imidazole rings is 1. The summed E-state index contributed by atoms with van der Waals surface area (Å²) >= 11 is 1.41. The lowest BCUT2D eigenvalue weighted by Crippen LogP contribution is -2.45. The summed E-state index contributed by atoms with van der Waals surface area (Å²) in [7, 11) is 0. The zero-order valence-corrected chi connectivity index (χ0v) is 21.3. The number of fused-ring (bicyclic) bond motifs is 2. The third-order valence-electron chi connectivity index (χ3n) is 6.09. The average molecular weight is 508 g/mol. The van der Waals surface area contributed by atoms with Gasteiger partial charge in [0.25, 0.3) is 11.8 Å². The molecular weight excluding hydrogens is 478 g/mol. The number of allylic oxidation sites excluding steroid dienone is 2. The fraction of sp³-hybridized carbons (Fsp3) is 0.346. The van der Waals surface area contributed by atoms with Crippen LogP contribution in [0.5, 0.6) is 5.75 Å². The maximum atomic E-state index is 13.2. The standard InChI is InChI=1S/C26H29N5O4S/c1-4-34-11-5-10-31-19-14-20-18(28-24(33)26(2,3)35-20)13-17(19)29-25(31)30-23(32)22-9-8-21(36-22)15-6-7-16(27)12-15/h6-9,12-14,16H,4-5,10-11,27H2,1-3H3,(H,28,33)(H,29,30,32). The van der Waals surface area contributed by atoms with Crippen LogP contribution in [0.2, 0.25) is 0 Å². The van der Waals surface area contributed by atoms with Crippen LogP contribution < -0.4 is 21.1 Å². The van der Waals surface area contributed by atoms with Crippen LogP contribution in [0.4, 0.5) is 11.6 Å². The first kappa shape index (κ1) is 24.2. The molecule has 188 valence electrons. The number of nitrogens with one attached hydrogen (secondary N) is 2. The Bertz CT molecular complexity index is 1400. The van der Waals surface area contributed by atoms with Crippen LogP contribution in [0.1, 0.15) is 41.7 Å². The van der Waals surface area contributed by atoms with Crippen LogP contribution in [-0.2, 0) is 16.1 Å². The molecule has 2 aliphatic rings. The number of hydrogen-bond donors (Lipinski definition) is 3. The van der Waals surface area contributed by atoms with Crippen LogP contribution in [0.15, 0.2) is 42.5 Å².